The summed E-state index contributed by atoms with van der Waals surface area (Å²) in [6, 6.07) is 0. The molecular weight excluding hydrogens is 1220 g/mol. The number of aliphatic hydroxyl groups is 19. The van der Waals surface area contributed by atoms with E-state index >= 15 is 4.79 Å². The molecule has 0 bridgehead atoms. The molecule has 0 spiro atoms. The van der Waals surface area contributed by atoms with Crippen LogP contribution in [-0.4, -0.2) is 308 Å². The minimum atomic E-state index is -2.22. The Hall–Kier alpha value is -2.40. The third-order valence-corrected chi connectivity index (χ3v) is 23.6. The maximum Gasteiger partial charge on any atom is 0.317 e. The average molecular weight is 1310 g/mol. The van der Waals surface area contributed by atoms with Crippen molar-refractivity contribution in [2.45, 2.75) is 265 Å². The Balaban J connectivity index is 0.942. The van der Waals surface area contributed by atoms with Crippen LogP contribution in [0.5, 0.6) is 0 Å². The largest absolute Gasteiger partial charge is 0.432 e. The Morgan fingerprint density at radius 3 is 1.48 bits per heavy atom. The zero-order chi connectivity index (χ0) is 66.7. The first kappa shape index (κ1) is 71.4. The third-order valence-electron chi connectivity index (χ3n) is 23.6. The van der Waals surface area contributed by atoms with E-state index in [1.165, 1.54) is 0 Å². The van der Waals surface area contributed by atoms with Crippen LogP contribution < -0.4 is 0 Å². The van der Waals surface area contributed by atoms with Crippen LogP contribution in [0.1, 0.15) is 99.3 Å². The van der Waals surface area contributed by atoms with E-state index in [-0.39, 0.29) is 25.2 Å². The molecule has 0 aromatic carbocycles. The SMILES string of the molecule is CC1(C)CCC2(C(=O)OC3OC(COC4OC(CO)C(O)C(O)C4OC4OC(CO)C(O)C(O)C4O)C(O)C(OC4OC(CO)C(O)C(O)C4O)C3O)C(O)CC3(C)C(=CCC4C5(C)CCC(O)C(C)(C(=O)OC6OC(CO)C(O)C(O)C6O)C5CCC43C)C2C1. The van der Waals surface area contributed by atoms with Gasteiger partial charge in [-0.15, -0.1) is 0 Å². The van der Waals surface area contributed by atoms with E-state index in [4.69, 9.17) is 47.4 Å². The number of fused-ring (bicyclic) bond motifs is 7. The lowest BCUT2D eigenvalue weighted by Crippen LogP contribution is -2.69. The molecule has 9 fully saturated rings. The highest BCUT2D eigenvalue weighted by molar-refractivity contribution is 5.80. The summed E-state index contributed by atoms with van der Waals surface area (Å²) in [5.41, 5.74) is -5.09. The summed E-state index contributed by atoms with van der Waals surface area (Å²) in [6.45, 7) is 7.61. The van der Waals surface area contributed by atoms with Crippen molar-refractivity contribution in [3.63, 3.8) is 0 Å². The first-order valence-corrected chi connectivity index (χ1v) is 31.6. The predicted molar refractivity (Wildman–Crippen MR) is 298 cm³/mol. The van der Waals surface area contributed by atoms with Gasteiger partial charge in [0.1, 0.15) is 127 Å². The van der Waals surface area contributed by atoms with E-state index in [0.29, 0.717) is 38.5 Å². The Morgan fingerprint density at radius 1 is 0.462 bits per heavy atom. The molecule has 10 rings (SSSR count). The van der Waals surface area contributed by atoms with Crippen molar-refractivity contribution in [1.82, 2.24) is 0 Å². The number of carbonyl (C=O) groups excluding carboxylic acids is 2. The monoisotopic (exact) mass is 1310 g/mol. The lowest BCUT2D eigenvalue weighted by molar-refractivity contribution is -0.378. The number of hydrogen-bond acceptors (Lipinski definition) is 31. The van der Waals surface area contributed by atoms with Crippen LogP contribution >= 0.6 is 0 Å². The molecule has 5 aliphatic heterocycles. The van der Waals surface area contributed by atoms with Crippen molar-refractivity contribution in [2.75, 3.05) is 33.0 Å². The lowest BCUT2D eigenvalue weighted by atomic mass is 9.33. The molecule has 5 aliphatic carbocycles. The summed E-state index contributed by atoms with van der Waals surface area (Å²) in [6.07, 6.45) is -44.9. The Morgan fingerprint density at radius 2 is 0.934 bits per heavy atom. The fraction of sp³-hybridized carbons (Fsp3) is 0.933. The highest BCUT2D eigenvalue weighted by Crippen LogP contribution is 2.76. The molecule has 0 aromatic heterocycles. The number of allylic oxidation sites excluding steroid dienone is 2. The minimum absolute atomic E-state index is 0.00683. The third kappa shape index (κ3) is 11.8. The van der Waals surface area contributed by atoms with E-state index < -0.39 is 255 Å². The number of aliphatic hydroxyl groups excluding tert-OH is 19. The number of carbonyl (C=O) groups is 2. The van der Waals surface area contributed by atoms with Crippen LogP contribution in [-0.2, 0) is 57.0 Å². The molecule has 0 amide bonds. The van der Waals surface area contributed by atoms with E-state index in [2.05, 4.69) is 26.8 Å². The molecule has 0 radical (unpaired) electrons. The van der Waals surface area contributed by atoms with Crippen LogP contribution in [0.2, 0.25) is 0 Å². The maximum atomic E-state index is 15.7. The average Bonchev–Trinajstić information content (AvgIpc) is 0.672. The molecule has 4 saturated carbocycles. The summed E-state index contributed by atoms with van der Waals surface area (Å²) < 4.78 is 58.4. The van der Waals surface area contributed by atoms with Gasteiger partial charge in [0.05, 0.1) is 50.7 Å². The quantitative estimate of drug-likeness (QED) is 0.0535. The van der Waals surface area contributed by atoms with Gasteiger partial charge in [-0.25, -0.2) is 0 Å². The van der Waals surface area contributed by atoms with Gasteiger partial charge in [0.2, 0.25) is 12.6 Å². The van der Waals surface area contributed by atoms with E-state index in [1.807, 2.05) is 13.8 Å². The van der Waals surface area contributed by atoms with Crippen LogP contribution in [0.25, 0.3) is 0 Å². The normalized spacial score (nSPS) is 54.0. The van der Waals surface area contributed by atoms with E-state index in [0.717, 1.165) is 5.57 Å². The van der Waals surface area contributed by atoms with E-state index in [1.54, 1.807) is 6.92 Å². The Kier molecular flexibility index (Phi) is 20.7. The number of ether oxygens (including phenoxy) is 10. The molecule has 35 atom stereocenters. The van der Waals surface area contributed by atoms with Crippen LogP contribution in [0.15, 0.2) is 11.6 Å². The number of esters is 2. The number of hydrogen-bond donors (Lipinski definition) is 19. The predicted octanol–water partition coefficient (Wildman–Crippen LogP) is -6.74. The second-order valence-electron chi connectivity index (χ2n) is 29.0. The van der Waals surface area contributed by atoms with Gasteiger partial charge in [0.15, 0.2) is 18.9 Å². The Bertz CT molecular complexity index is 2580. The topological polar surface area (TPSA) is 511 Å². The highest BCUT2D eigenvalue weighted by Gasteiger charge is 2.73. The summed E-state index contributed by atoms with van der Waals surface area (Å²) in [4.78, 5) is 30.4. The fourth-order valence-electron chi connectivity index (χ4n) is 17.8. The molecule has 10 aliphatic rings. The van der Waals surface area contributed by atoms with Gasteiger partial charge >= 0.3 is 11.9 Å². The molecule has 31 nitrogen and oxygen atoms in total. The molecule has 31 heteroatoms. The molecule has 5 heterocycles. The first-order valence-electron chi connectivity index (χ1n) is 31.6. The zero-order valence-corrected chi connectivity index (χ0v) is 51.7. The molecule has 522 valence electrons. The van der Waals surface area contributed by atoms with Crippen LogP contribution in [0.4, 0.5) is 0 Å². The van der Waals surface area contributed by atoms with Gasteiger partial charge < -0.3 is 144 Å². The fourth-order valence-corrected chi connectivity index (χ4v) is 17.8. The standard InChI is InChI=1S/C60H96O31/c1-55(2)13-14-60(23(15-55)22-7-8-29-56(3)11-10-31(65)59(6,30(56)9-12-57(29,4)58(22,5)16-32(60)66)53(80)90-50-44(78)40(74)35(69)26(19-63)85-50)54(81)91-51-45(79)46(88-48-42(76)38(72)33(67)24(17-61)83-48)37(71)28(87-51)21-82-52-47(41(75)36(70)27(20-64)86-52)89-49-43(77)39(73)34(68)25(18-62)84-49/h7,23-52,61-79H,8-21H2,1-6H3. The van der Waals surface area contributed by atoms with Crippen molar-refractivity contribution in [1.29, 1.82) is 0 Å². The maximum absolute atomic E-state index is 15.7. The highest BCUT2D eigenvalue weighted by atomic mass is 16.8. The van der Waals surface area contributed by atoms with Crippen LogP contribution in [0.3, 0.4) is 0 Å². The Labute approximate surface area is 524 Å². The van der Waals surface area contributed by atoms with Gasteiger partial charge in [-0.2, -0.15) is 0 Å². The van der Waals surface area contributed by atoms with Crippen molar-refractivity contribution in [3.05, 3.63) is 11.6 Å². The molecule has 35 unspecified atom stereocenters. The second kappa shape index (κ2) is 26.5. The van der Waals surface area contributed by atoms with Crippen LogP contribution in [0, 0.1) is 50.2 Å². The minimum Gasteiger partial charge on any atom is -0.432 e. The summed E-state index contributed by atoms with van der Waals surface area (Å²) >= 11 is 0. The van der Waals surface area contributed by atoms with Gasteiger partial charge in [-0.05, 0) is 104 Å². The zero-order valence-electron chi connectivity index (χ0n) is 51.7. The van der Waals surface area contributed by atoms with Gasteiger partial charge in [-0.3, -0.25) is 9.59 Å². The molecule has 5 saturated heterocycles. The van der Waals surface area contributed by atoms with Gasteiger partial charge in [0, 0.05) is 0 Å². The molecular formula is C60H96O31. The smallest absolute Gasteiger partial charge is 0.317 e. The second-order valence-corrected chi connectivity index (χ2v) is 29.0. The van der Waals surface area contributed by atoms with Gasteiger partial charge in [-0.1, -0.05) is 46.3 Å². The first-order chi connectivity index (χ1) is 42.6. The lowest BCUT2D eigenvalue weighted by Gasteiger charge is -2.71. The van der Waals surface area contributed by atoms with Crippen molar-refractivity contribution in [3.8, 4) is 0 Å². The molecule has 0 aromatic rings. The molecule has 91 heavy (non-hydrogen) atoms. The van der Waals surface area contributed by atoms with Crippen molar-refractivity contribution < 1.29 is 154 Å². The molecule has 19 N–H and O–H groups in total. The summed E-state index contributed by atoms with van der Waals surface area (Å²) in [5.74, 6) is -3.41. The summed E-state index contributed by atoms with van der Waals surface area (Å²) in [5, 5.41) is 208. The van der Waals surface area contributed by atoms with E-state index in [9.17, 15) is 102 Å². The van der Waals surface area contributed by atoms with Crippen molar-refractivity contribution in [2.24, 2.45) is 50.2 Å². The number of rotatable bonds is 15. The van der Waals surface area contributed by atoms with Crippen molar-refractivity contribution >= 4 is 11.9 Å². The van der Waals surface area contributed by atoms with Gasteiger partial charge in [0.25, 0.3) is 0 Å². The summed E-state index contributed by atoms with van der Waals surface area (Å²) in [7, 11) is 0.